The second-order valence-corrected chi connectivity index (χ2v) is 6.37. The van der Waals surface area contributed by atoms with Crippen LogP contribution in [0.4, 0.5) is 4.39 Å². The molecule has 1 atom stereocenters. The third-order valence-corrected chi connectivity index (χ3v) is 4.42. The van der Waals surface area contributed by atoms with Gasteiger partial charge in [-0.3, -0.25) is 4.79 Å². The minimum absolute atomic E-state index is 0.184. The zero-order valence-electron chi connectivity index (χ0n) is 12.5. The molecule has 0 bridgehead atoms. The van der Waals surface area contributed by atoms with Crippen LogP contribution in [0.25, 0.3) is 0 Å². The van der Waals surface area contributed by atoms with Crippen molar-refractivity contribution in [2.24, 2.45) is 0 Å². The number of hydrogen-bond acceptors (Lipinski definition) is 4. The Morgan fingerprint density at radius 1 is 1.33 bits per heavy atom. The van der Waals surface area contributed by atoms with Crippen molar-refractivity contribution in [3.8, 4) is 5.75 Å². The van der Waals surface area contributed by atoms with Crippen LogP contribution in [0.2, 0.25) is 5.02 Å². The van der Waals surface area contributed by atoms with Crippen molar-refractivity contribution in [1.82, 2.24) is 5.32 Å². The van der Waals surface area contributed by atoms with Crippen LogP contribution in [-0.4, -0.2) is 29.6 Å². The summed E-state index contributed by atoms with van der Waals surface area (Å²) in [4.78, 5) is 24.0. The molecule has 0 saturated carbocycles. The Hall–Kier alpha value is -2.12. The lowest BCUT2D eigenvalue weighted by atomic mass is 10.2. The third kappa shape index (κ3) is 5.82. The largest absolute Gasteiger partial charge is 0.478 e. The molecule has 1 unspecified atom stereocenters. The number of hydrogen-bond donors (Lipinski definition) is 2. The van der Waals surface area contributed by atoms with Gasteiger partial charge in [0, 0.05) is 16.7 Å². The number of nitrogens with one attached hydrogen (secondary N) is 1. The number of ether oxygens (including phenoxy) is 1. The van der Waals surface area contributed by atoms with E-state index < -0.39 is 17.9 Å². The summed E-state index contributed by atoms with van der Waals surface area (Å²) < 4.78 is 18.1. The molecule has 1 heterocycles. The van der Waals surface area contributed by atoms with Crippen LogP contribution < -0.4 is 10.1 Å². The van der Waals surface area contributed by atoms with Crippen LogP contribution in [0.5, 0.6) is 5.75 Å². The van der Waals surface area contributed by atoms with Gasteiger partial charge in [-0.1, -0.05) is 11.6 Å². The van der Waals surface area contributed by atoms with Crippen molar-refractivity contribution < 1.29 is 23.8 Å². The van der Waals surface area contributed by atoms with Crippen molar-refractivity contribution in [1.29, 1.82) is 0 Å². The van der Waals surface area contributed by atoms with Gasteiger partial charge in [0.15, 0.2) is 0 Å². The first-order valence-corrected chi connectivity index (χ1v) is 8.34. The molecule has 0 fully saturated rings. The molecule has 0 spiro atoms. The first-order valence-electron chi connectivity index (χ1n) is 7.08. The van der Waals surface area contributed by atoms with Gasteiger partial charge in [-0.15, -0.1) is 11.3 Å². The molecule has 0 radical (unpaired) electrons. The summed E-state index contributed by atoms with van der Waals surface area (Å²) in [6.45, 7) is -0.184. The van der Waals surface area contributed by atoms with Gasteiger partial charge in [-0.2, -0.15) is 0 Å². The lowest BCUT2D eigenvalue weighted by Gasteiger charge is -2.15. The molecular weight excluding hydrogens is 357 g/mol. The fourth-order valence-corrected chi connectivity index (χ4v) is 2.95. The van der Waals surface area contributed by atoms with Gasteiger partial charge in [-0.25, -0.2) is 9.18 Å². The van der Waals surface area contributed by atoms with E-state index in [9.17, 15) is 14.0 Å². The van der Waals surface area contributed by atoms with Gasteiger partial charge in [0.2, 0.25) is 12.0 Å². The van der Waals surface area contributed by atoms with Gasteiger partial charge < -0.3 is 15.2 Å². The molecule has 2 aromatic rings. The van der Waals surface area contributed by atoms with Crippen molar-refractivity contribution >= 4 is 34.8 Å². The predicted molar refractivity (Wildman–Crippen MR) is 89.1 cm³/mol. The topological polar surface area (TPSA) is 75.6 Å². The first-order chi connectivity index (χ1) is 11.4. The number of aryl methyl sites for hydroxylation is 1. The fraction of sp³-hybridized carbons (Fsp3) is 0.250. The van der Waals surface area contributed by atoms with E-state index in [0.717, 1.165) is 4.88 Å². The number of carboxylic acid groups (broad SMARTS) is 1. The number of aliphatic carboxylic acids is 1. The van der Waals surface area contributed by atoms with Crippen molar-refractivity contribution in [2.45, 2.75) is 18.9 Å². The molecule has 8 heteroatoms. The van der Waals surface area contributed by atoms with E-state index in [1.54, 1.807) is 11.4 Å². The Kier molecular flexibility index (Phi) is 6.57. The molecule has 0 aliphatic rings. The van der Waals surface area contributed by atoms with E-state index >= 15 is 0 Å². The van der Waals surface area contributed by atoms with Crippen LogP contribution in [0.15, 0.2) is 35.7 Å². The lowest BCUT2D eigenvalue weighted by molar-refractivity contribution is -0.145. The van der Waals surface area contributed by atoms with E-state index in [0.29, 0.717) is 11.4 Å². The summed E-state index contributed by atoms with van der Waals surface area (Å²) >= 11 is 7.27. The number of amides is 1. The standard InChI is InChI=1S/C16H15ClFNO4S/c17-10-7-13(24-9-10)5-6-15(20)19-8-14(16(21)22)23-12-3-1-11(18)2-4-12/h1-4,7,9,14H,5-6,8H2,(H,19,20)(H,21,22). The highest BCUT2D eigenvalue weighted by molar-refractivity contribution is 7.10. The smallest absolute Gasteiger partial charge is 0.346 e. The molecule has 128 valence electrons. The summed E-state index contributed by atoms with van der Waals surface area (Å²) in [5.74, 6) is -1.74. The summed E-state index contributed by atoms with van der Waals surface area (Å²) in [6.07, 6.45) is -0.505. The van der Waals surface area contributed by atoms with Gasteiger partial charge in [0.1, 0.15) is 11.6 Å². The molecule has 2 N–H and O–H groups in total. The quantitative estimate of drug-likeness (QED) is 0.747. The number of halogens is 2. The van der Waals surface area contributed by atoms with E-state index in [1.165, 1.54) is 35.6 Å². The summed E-state index contributed by atoms with van der Waals surface area (Å²) in [6, 6.07) is 6.77. The fourth-order valence-electron chi connectivity index (χ4n) is 1.87. The molecule has 2 rings (SSSR count). The minimum atomic E-state index is -1.25. The number of rotatable bonds is 8. The molecular formula is C16H15ClFNO4S. The van der Waals surface area contributed by atoms with Crippen LogP contribution in [0.3, 0.4) is 0 Å². The number of carbonyl (C=O) groups is 2. The van der Waals surface area contributed by atoms with Gasteiger partial charge in [0.05, 0.1) is 11.6 Å². The highest BCUT2D eigenvalue weighted by Crippen LogP contribution is 2.20. The Morgan fingerprint density at radius 2 is 2.04 bits per heavy atom. The Morgan fingerprint density at radius 3 is 2.62 bits per heavy atom. The monoisotopic (exact) mass is 371 g/mol. The van der Waals surface area contributed by atoms with Crippen LogP contribution in [0, 0.1) is 5.82 Å². The summed E-state index contributed by atoms with van der Waals surface area (Å²) in [5.41, 5.74) is 0. The maximum Gasteiger partial charge on any atom is 0.346 e. The van der Waals surface area contributed by atoms with Gasteiger partial charge in [-0.05, 0) is 36.8 Å². The Balaban J connectivity index is 1.81. The second-order valence-electron chi connectivity index (χ2n) is 4.93. The van der Waals surface area contributed by atoms with Gasteiger partial charge >= 0.3 is 5.97 Å². The van der Waals surface area contributed by atoms with Crippen molar-refractivity contribution in [2.75, 3.05) is 6.54 Å². The zero-order valence-corrected chi connectivity index (χ0v) is 14.1. The second kappa shape index (κ2) is 8.65. The molecule has 1 aromatic carbocycles. The predicted octanol–water partition coefficient (Wildman–Crippen LogP) is 3.12. The average molecular weight is 372 g/mol. The number of thiophene rings is 1. The number of carbonyl (C=O) groups excluding carboxylic acids is 1. The highest BCUT2D eigenvalue weighted by Gasteiger charge is 2.20. The third-order valence-electron chi connectivity index (χ3n) is 3.07. The summed E-state index contributed by atoms with van der Waals surface area (Å²) in [5, 5.41) is 14.1. The van der Waals surface area contributed by atoms with Gasteiger partial charge in [0.25, 0.3) is 0 Å². The Bertz CT molecular complexity index is 704. The molecule has 1 aromatic heterocycles. The molecule has 0 aliphatic heterocycles. The Labute approximate surface area is 147 Å². The zero-order chi connectivity index (χ0) is 17.5. The maximum atomic E-state index is 12.8. The molecule has 1 amide bonds. The molecule has 0 saturated heterocycles. The molecule has 0 aliphatic carbocycles. The van der Waals surface area contributed by atoms with Crippen molar-refractivity contribution in [3.05, 3.63) is 51.4 Å². The molecule has 24 heavy (non-hydrogen) atoms. The highest BCUT2D eigenvalue weighted by atomic mass is 35.5. The van der Waals surface area contributed by atoms with E-state index in [4.69, 9.17) is 21.4 Å². The lowest BCUT2D eigenvalue weighted by Crippen LogP contribution is -2.40. The van der Waals surface area contributed by atoms with E-state index in [2.05, 4.69) is 5.32 Å². The SMILES string of the molecule is O=C(CCc1cc(Cl)cs1)NCC(Oc1ccc(F)cc1)C(=O)O. The number of benzene rings is 1. The van der Waals surface area contributed by atoms with Crippen LogP contribution in [-0.2, 0) is 16.0 Å². The normalized spacial score (nSPS) is 11.8. The average Bonchev–Trinajstić information content (AvgIpc) is 2.96. The maximum absolute atomic E-state index is 12.8. The number of carboxylic acids is 1. The van der Waals surface area contributed by atoms with Crippen LogP contribution in [0.1, 0.15) is 11.3 Å². The van der Waals surface area contributed by atoms with E-state index in [-0.39, 0.29) is 24.6 Å². The van der Waals surface area contributed by atoms with Crippen molar-refractivity contribution in [3.63, 3.8) is 0 Å². The first kappa shape index (κ1) is 18.2. The minimum Gasteiger partial charge on any atom is -0.478 e. The van der Waals surface area contributed by atoms with Crippen LogP contribution >= 0.6 is 22.9 Å². The van der Waals surface area contributed by atoms with E-state index in [1.807, 2.05) is 0 Å². The molecule has 5 nitrogen and oxygen atoms in total. The summed E-state index contributed by atoms with van der Waals surface area (Å²) in [7, 11) is 0.